The van der Waals surface area contributed by atoms with Gasteiger partial charge < -0.3 is 15.5 Å². The van der Waals surface area contributed by atoms with E-state index in [1.54, 1.807) is 0 Å². The van der Waals surface area contributed by atoms with Crippen molar-refractivity contribution in [3.8, 4) is 0 Å². The third kappa shape index (κ3) is 3.45. The van der Waals surface area contributed by atoms with Crippen molar-refractivity contribution in [3.05, 3.63) is 70.7 Å². The van der Waals surface area contributed by atoms with E-state index in [-0.39, 0.29) is 34.7 Å². The van der Waals surface area contributed by atoms with E-state index in [1.165, 1.54) is 18.3 Å². The molecule has 10 heteroatoms. The molecular formula is C17H11F2N3O5. The van der Waals surface area contributed by atoms with Gasteiger partial charge in [0.15, 0.2) is 17.3 Å². The average molecular weight is 375 g/mol. The van der Waals surface area contributed by atoms with Crippen LogP contribution in [0.25, 0.3) is 5.65 Å². The van der Waals surface area contributed by atoms with Gasteiger partial charge in [-0.3, -0.25) is 9.20 Å². The number of amides is 1. The molecule has 2 heterocycles. The van der Waals surface area contributed by atoms with Gasteiger partial charge in [-0.25, -0.2) is 23.4 Å². The lowest BCUT2D eigenvalue weighted by Gasteiger charge is -2.08. The molecule has 138 valence electrons. The number of benzene rings is 1. The van der Waals surface area contributed by atoms with Crippen LogP contribution in [0.1, 0.15) is 36.9 Å². The van der Waals surface area contributed by atoms with Crippen LogP contribution in [0.5, 0.6) is 0 Å². The highest BCUT2D eigenvalue weighted by Crippen LogP contribution is 2.16. The minimum Gasteiger partial charge on any atom is -0.478 e. The smallest absolute Gasteiger partial charge is 0.352 e. The summed E-state index contributed by atoms with van der Waals surface area (Å²) in [4.78, 5) is 38.9. The fourth-order valence-electron chi connectivity index (χ4n) is 2.45. The summed E-state index contributed by atoms with van der Waals surface area (Å²) in [6.07, 6.45) is 1.22. The van der Waals surface area contributed by atoms with E-state index in [2.05, 4.69) is 10.3 Å². The minimum atomic E-state index is -1.38. The molecule has 1 aromatic carbocycles. The van der Waals surface area contributed by atoms with Gasteiger partial charge in [0.05, 0.1) is 0 Å². The van der Waals surface area contributed by atoms with Crippen LogP contribution < -0.4 is 5.32 Å². The lowest BCUT2D eigenvalue weighted by Crippen LogP contribution is -2.25. The number of halogens is 2. The first kappa shape index (κ1) is 18.0. The molecule has 0 unspecified atom stereocenters. The first-order valence-electron chi connectivity index (χ1n) is 7.48. The second-order valence-corrected chi connectivity index (χ2v) is 5.49. The van der Waals surface area contributed by atoms with Gasteiger partial charge in [0.25, 0.3) is 5.91 Å². The number of hydrogen-bond acceptors (Lipinski definition) is 4. The van der Waals surface area contributed by atoms with Crippen LogP contribution in [0.3, 0.4) is 0 Å². The summed E-state index contributed by atoms with van der Waals surface area (Å²) < 4.78 is 27.2. The summed E-state index contributed by atoms with van der Waals surface area (Å²) in [5.74, 6) is -5.63. The number of nitrogens with one attached hydrogen (secondary N) is 1. The lowest BCUT2D eigenvalue weighted by molar-refractivity contribution is 0.0679. The van der Waals surface area contributed by atoms with Crippen molar-refractivity contribution in [1.82, 2.24) is 14.7 Å². The highest BCUT2D eigenvalue weighted by molar-refractivity contribution is 5.99. The molecule has 2 aromatic heterocycles. The number of carbonyl (C=O) groups excluding carboxylic acids is 1. The number of carbonyl (C=O) groups is 3. The van der Waals surface area contributed by atoms with Gasteiger partial charge in [0.1, 0.15) is 17.0 Å². The number of rotatable bonds is 5. The van der Waals surface area contributed by atoms with E-state index in [0.717, 1.165) is 22.6 Å². The summed E-state index contributed by atoms with van der Waals surface area (Å²) in [6.45, 7) is -0.169. The zero-order valence-corrected chi connectivity index (χ0v) is 13.4. The Morgan fingerprint density at radius 3 is 2.41 bits per heavy atom. The van der Waals surface area contributed by atoms with Crippen LogP contribution in [-0.4, -0.2) is 37.4 Å². The molecule has 0 aliphatic heterocycles. The van der Waals surface area contributed by atoms with E-state index in [1.807, 2.05) is 0 Å². The maximum absolute atomic E-state index is 13.2. The molecule has 0 bridgehead atoms. The van der Waals surface area contributed by atoms with Crippen molar-refractivity contribution < 1.29 is 33.4 Å². The standard InChI is InChI=1S/C17H11F2N3O5/c18-10-2-1-8(5-11(10)19)7-20-15(23)12-6-13(17(26)27)22-4-3-9(16(24)25)14(22)21-12/h1-6H,7H2,(H,20,23)(H,24,25)(H,26,27). The van der Waals surface area contributed by atoms with Gasteiger partial charge in [-0.1, -0.05) is 6.07 Å². The lowest BCUT2D eigenvalue weighted by atomic mass is 10.2. The molecule has 0 aliphatic carbocycles. The monoisotopic (exact) mass is 375 g/mol. The molecule has 3 rings (SSSR count). The molecule has 0 fully saturated rings. The predicted octanol–water partition coefficient (Wildman–Crippen LogP) is 1.94. The van der Waals surface area contributed by atoms with E-state index < -0.39 is 29.5 Å². The molecule has 0 saturated heterocycles. The number of aromatic nitrogens is 2. The van der Waals surface area contributed by atoms with Crippen LogP contribution in [-0.2, 0) is 6.54 Å². The van der Waals surface area contributed by atoms with E-state index in [4.69, 9.17) is 5.11 Å². The van der Waals surface area contributed by atoms with Crippen molar-refractivity contribution in [3.63, 3.8) is 0 Å². The molecule has 3 aromatic rings. The molecule has 0 atom stereocenters. The first-order chi connectivity index (χ1) is 12.8. The number of fused-ring (bicyclic) bond motifs is 1. The van der Waals surface area contributed by atoms with Crippen LogP contribution in [0.4, 0.5) is 8.78 Å². The molecule has 3 N–H and O–H groups in total. The van der Waals surface area contributed by atoms with Crippen LogP contribution in [0, 0.1) is 11.6 Å². The molecule has 8 nitrogen and oxygen atoms in total. The number of carboxylic acid groups (broad SMARTS) is 2. The Morgan fingerprint density at radius 2 is 1.78 bits per heavy atom. The van der Waals surface area contributed by atoms with Gasteiger partial charge in [0.2, 0.25) is 0 Å². The topological polar surface area (TPSA) is 121 Å². The quantitative estimate of drug-likeness (QED) is 0.627. The molecule has 0 saturated carbocycles. The molecule has 1 amide bonds. The van der Waals surface area contributed by atoms with Crippen LogP contribution in [0.15, 0.2) is 36.5 Å². The maximum atomic E-state index is 13.2. The Hall–Kier alpha value is -3.82. The molecule has 0 radical (unpaired) electrons. The van der Waals surface area contributed by atoms with Crippen molar-refractivity contribution in [1.29, 1.82) is 0 Å². The van der Waals surface area contributed by atoms with E-state index >= 15 is 0 Å². The van der Waals surface area contributed by atoms with Crippen molar-refractivity contribution in [2.24, 2.45) is 0 Å². The SMILES string of the molecule is O=C(NCc1ccc(F)c(F)c1)c1cc(C(=O)O)n2ccc(C(=O)O)c2n1. The van der Waals surface area contributed by atoms with E-state index in [9.17, 15) is 28.3 Å². The summed E-state index contributed by atoms with van der Waals surface area (Å²) in [6, 6.07) is 5.24. The Kier molecular flexibility index (Phi) is 4.55. The number of hydrogen-bond donors (Lipinski definition) is 3. The Labute approximate surface area is 149 Å². The Bertz CT molecular complexity index is 1090. The number of nitrogens with zero attached hydrogens (tertiary/aromatic N) is 2. The molecule has 27 heavy (non-hydrogen) atoms. The van der Waals surface area contributed by atoms with Gasteiger partial charge in [-0.15, -0.1) is 0 Å². The predicted molar refractivity (Wildman–Crippen MR) is 86.6 cm³/mol. The Balaban J connectivity index is 1.93. The summed E-state index contributed by atoms with van der Waals surface area (Å²) >= 11 is 0. The van der Waals surface area contributed by atoms with Crippen LogP contribution >= 0.6 is 0 Å². The van der Waals surface area contributed by atoms with Crippen LogP contribution in [0.2, 0.25) is 0 Å². The van der Waals surface area contributed by atoms with Crippen molar-refractivity contribution >= 4 is 23.5 Å². The number of carboxylic acids is 2. The van der Waals surface area contributed by atoms with Gasteiger partial charge in [0, 0.05) is 18.8 Å². The van der Waals surface area contributed by atoms with Crippen molar-refractivity contribution in [2.75, 3.05) is 0 Å². The molecule has 0 spiro atoms. The second kappa shape index (κ2) is 6.83. The minimum absolute atomic E-state index is 0.169. The van der Waals surface area contributed by atoms with Gasteiger partial charge in [-0.05, 0) is 23.8 Å². The average Bonchev–Trinajstić information content (AvgIpc) is 3.05. The third-order valence-corrected chi connectivity index (χ3v) is 3.74. The maximum Gasteiger partial charge on any atom is 0.352 e. The zero-order chi connectivity index (χ0) is 19.7. The summed E-state index contributed by atoms with van der Waals surface area (Å²) in [5, 5.41) is 20.9. The largest absolute Gasteiger partial charge is 0.478 e. The third-order valence-electron chi connectivity index (χ3n) is 3.74. The number of aromatic carboxylic acids is 2. The highest BCUT2D eigenvalue weighted by atomic mass is 19.2. The fraction of sp³-hybridized carbons (Fsp3) is 0.0588. The molecule has 0 aliphatic rings. The highest BCUT2D eigenvalue weighted by Gasteiger charge is 2.20. The van der Waals surface area contributed by atoms with Gasteiger partial charge in [-0.2, -0.15) is 0 Å². The Morgan fingerprint density at radius 1 is 1.04 bits per heavy atom. The summed E-state index contributed by atoms with van der Waals surface area (Å²) in [5.41, 5.74) is -0.891. The summed E-state index contributed by atoms with van der Waals surface area (Å²) in [7, 11) is 0. The zero-order valence-electron chi connectivity index (χ0n) is 13.4. The normalized spacial score (nSPS) is 10.7. The van der Waals surface area contributed by atoms with E-state index in [0.29, 0.717) is 0 Å². The first-order valence-corrected chi connectivity index (χ1v) is 7.48. The van der Waals surface area contributed by atoms with Crippen molar-refractivity contribution in [2.45, 2.75) is 6.54 Å². The second-order valence-electron chi connectivity index (χ2n) is 5.49. The fourth-order valence-corrected chi connectivity index (χ4v) is 2.45. The van der Waals surface area contributed by atoms with Gasteiger partial charge >= 0.3 is 11.9 Å². The molecular weight excluding hydrogens is 364 g/mol.